The molecule has 0 spiro atoms. The van der Waals surface area contributed by atoms with E-state index in [1.54, 1.807) is 0 Å². The van der Waals surface area contributed by atoms with Gasteiger partial charge in [0, 0.05) is 25.6 Å². The summed E-state index contributed by atoms with van der Waals surface area (Å²) in [5, 5.41) is 2.96. The molecule has 1 amide bonds. The van der Waals surface area contributed by atoms with Crippen molar-refractivity contribution in [2.45, 2.75) is 18.9 Å². The van der Waals surface area contributed by atoms with Crippen LogP contribution in [-0.4, -0.2) is 37.1 Å². The van der Waals surface area contributed by atoms with E-state index < -0.39 is 0 Å². The fourth-order valence-electron chi connectivity index (χ4n) is 2.85. The zero-order valence-electron chi connectivity index (χ0n) is 10.7. The third-order valence-electron chi connectivity index (χ3n) is 3.84. The zero-order chi connectivity index (χ0) is 13.4. The summed E-state index contributed by atoms with van der Waals surface area (Å²) in [4.78, 5) is 17.4. The van der Waals surface area contributed by atoms with Crippen LogP contribution in [0.25, 0.3) is 0 Å². The Balaban J connectivity index is 1.82. The lowest BCUT2D eigenvalue weighted by molar-refractivity contribution is -0.123. The number of ether oxygens (including phenoxy) is 1. The smallest absolute Gasteiger partial charge is 0.220 e. The van der Waals surface area contributed by atoms with Gasteiger partial charge in [-0.15, -0.1) is 0 Å². The molecule has 19 heavy (non-hydrogen) atoms. The molecule has 2 fully saturated rings. The van der Waals surface area contributed by atoms with E-state index in [2.05, 4.69) is 10.3 Å². The fraction of sp³-hybridized carbons (Fsp3) is 0.538. The molecule has 2 aliphatic heterocycles. The van der Waals surface area contributed by atoms with Crippen LogP contribution >= 0.6 is 0 Å². The van der Waals surface area contributed by atoms with Gasteiger partial charge in [-0.1, -0.05) is 0 Å². The Morgan fingerprint density at radius 2 is 2.32 bits per heavy atom. The van der Waals surface area contributed by atoms with Crippen LogP contribution < -0.4 is 15.0 Å². The summed E-state index contributed by atoms with van der Waals surface area (Å²) in [6.07, 6.45) is 1.42. The van der Waals surface area contributed by atoms with Crippen molar-refractivity contribution < 1.29 is 13.9 Å². The van der Waals surface area contributed by atoms with Gasteiger partial charge in [-0.3, -0.25) is 4.79 Å². The maximum Gasteiger partial charge on any atom is 0.220 e. The first-order valence-electron chi connectivity index (χ1n) is 6.42. The maximum absolute atomic E-state index is 13.9. The van der Waals surface area contributed by atoms with Crippen molar-refractivity contribution in [3.63, 3.8) is 0 Å². The van der Waals surface area contributed by atoms with E-state index in [1.807, 2.05) is 4.90 Å². The number of piperidine rings is 1. The number of pyridine rings is 1. The zero-order valence-corrected chi connectivity index (χ0v) is 10.7. The summed E-state index contributed by atoms with van der Waals surface area (Å²) in [6.45, 7) is 1.33. The molecule has 0 bridgehead atoms. The van der Waals surface area contributed by atoms with Gasteiger partial charge in [0.15, 0.2) is 11.6 Å². The molecule has 1 aromatic heterocycles. The van der Waals surface area contributed by atoms with E-state index in [0.29, 0.717) is 30.6 Å². The number of fused-ring (bicyclic) bond motifs is 1. The molecule has 0 saturated carbocycles. The Morgan fingerprint density at radius 1 is 1.47 bits per heavy atom. The van der Waals surface area contributed by atoms with Gasteiger partial charge in [0.25, 0.3) is 0 Å². The average Bonchev–Trinajstić information content (AvgIpc) is 2.82. The quantitative estimate of drug-likeness (QED) is 0.865. The number of rotatable bonds is 2. The van der Waals surface area contributed by atoms with Gasteiger partial charge in [0.1, 0.15) is 0 Å². The summed E-state index contributed by atoms with van der Waals surface area (Å²) < 4.78 is 18.9. The second-order valence-electron chi connectivity index (χ2n) is 5.04. The molecular formula is C13H16FN3O2. The number of hydrogen-bond acceptors (Lipinski definition) is 4. The van der Waals surface area contributed by atoms with Crippen LogP contribution in [0.1, 0.15) is 12.8 Å². The van der Waals surface area contributed by atoms with Crippen LogP contribution in [0.4, 0.5) is 10.2 Å². The third-order valence-corrected chi connectivity index (χ3v) is 3.84. The molecule has 2 unspecified atom stereocenters. The maximum atomic E-state index is 13.9. The molecule has 3 heterocycles. The molecule has 1 aromatic rings. The molecule has 6 heteroatoms. The standard InChI is InChI=1S/C13H16FN3O2/c1-19-12-5-3-9(14)13(16-12)17-6-8-2-4-11(18)15-10(8)7-17/h3,5,8,10H,2,4,6-7H2,1H3,(H,15,18). The van der Waals surface area contributed by atoms with E-state index in [0.717, 1.165) is 13.0 Å². The van der Waals surface area contributed by atoms with Crippen LogP contribution in [0.2, 0.25) is 0 Å². The molecule has 2 aliphatic rings. The average molecular weight is 265 g/mol. The molecule has 1 N–H and O–H groups in total. The van der Waals surface area contributed by atoms with Gasteiger partial charge in [0.2, 0.25) is 11.8 Å². The van der Waals surface area contributed by atoms with E-state index in [4.69, 9.17) is 4.74 Å². The van der Waals surface area contributed by atoms with Crippen LogP contribution in [-0.2, 0) is 4.79 Å². The van der Waals surface area contributed by atoms with E-state index >= 15 is 0 Å². The van der Waals surface area contributed by atoms with Gasteiger partial charge in [-0.2, -0.15) is 4.98 Å². The van der Waals surface area contributed by atoms with Crippen molar-refractivity contribution in [2.75, 3.05) is 25.1 Å². The Labute approximate surface area is 110 Å². The van der Waals surface area contributed by atoms with Crippen molar-refractivity contribution in [1.82, 2.24) is 10.3 Å². The number of aromatic nitrogens is 1. The van der Waals surface area contributed by atoms with Gasteiger partial charge < -0.3 is 15.0 Å². The van der Waals surface area contributed by atoms with Crippen molar-refractivity contribution in [3.05, 3.63) is 17.9 Å². The molecule has 102 valence electrons. The lowest BCUT2D eigenvalue weighted by atomic mass is 9.94. The predicted molar refractivity (Wildman–Crippen MR) is 67.6 cm³/mol. The highest BCUT2D eigenvalue weighted by atomic mass is 19.1. The molecule has 2 saturated heterocycles. The highest BCUT2D eigenvalue weighted by molar-refractivity contribution is 5.77. The molecule has 2 atom stereocenters. The number of carbonyl (C=O) groups is 1. The van der Waals surface area contributed by atoms with Crippen molar-refractivity contribution in [3.8, 4) is 5.88 Å². The Bertz CT molecular complexity index is 509. The van der Waals surface area contributed by atoms with Gasteiger partial charge in [0.05, 0.1) is 13.2 Å². The van der Waals surface area contributed by atoms with Crippen LogP contribution in [0, 0.1) is 11.7 Å². The SMILES string of the molecule is COc1ccc(F)c(N2CC3CCC(=O)NC3C2)n1. The minimum absolute atomic E-state index is 0.0853. The number of carbonyl (C=O) groups excluding carboxylic acids is 1. The van der Waals surface area contributed by atoms with Crippen molar-refractivity contribution in [1.29, 1.82) is 0 Å². The van der Waals surface area contributed by atoms with Gasteiger partial charge in [-0.25, -0.2) is 4.39 Å². The highest BCUT2D eigenvalue weighted by Gasteiger charge is 2.38. The Kier molecular flexibility index (Phi) is 3.00. The van der Waals surface area contributed by atoms with Crippen molar-refractivity contribution >= 4 is 11.7 Å². The predicted octanol–water partition coefficient (Wildman–Crippen LogP) is 0.944. The second kappa shape index (κ2) is 4.68. The first-order chi connectivity index (χ1) is 9.17. The summed E-state index contributed by atoms with van der Waals surface area (Å²) in [5.74, 6) is 0.816. The highest BCUT2D eigenvalue weighted by Crippen LogP contribution is 2.30. The van der Waals surface area contributed by atoms with Crippen LogP contribution in [0.15, 0.2) is 12.1 Å². The molecule has 0 aromatic carbocycles. The largest absolute Gasteiger partial charge is 0.481 e. The van der Waals surface area contributed by atoms with Crippen molar-refractivity contribution in [2.24, 2.45) is 5.92 Å². The number of nitrogens with one attached hydrogen (secondary N) is 1. The number of halogens is 1. The third kappa shape index (κ3) is 2.22. The Morgan fingerprint density at radius 3 is 3.11 bits per heavy atom. The number of anilines is 1. The topological polar surface area (TPSA) is 54.5 Å². The molecule has 5 nitrogen and oxygen atoms in total. The monoisotopic (exact) mass is 265 g/mol. The molecule has 3 rings (SSSR count). The minimum atomic E-state index is -0.356. The van der Waals surface area contributed by atoms with Gasteiger partial charge in [-0.05, 0) is 18.4 Å². The number of methoxy groups -OCH3 is 1. The van der Waals surface area contributed by atoms with E-state index in [1.165, 1.54) is 19.2 Å². The molecule has 0 radical (unpaired) electrons. The summed E-state index contributed by atoms with van der Waals surface area (Å²) in [5.41, 5.74) is 0. The number of nitrogens with zero attached hydrogens (tertiary/aromatic N) is 2. The van der Waals surface area contributed by atoms with E-state index in [-0.39, 0.29) is 17.8 Å². The fourth-order valence-corrected chi connectivity index (χ4v) is 2.85. The normalized spacial score (nSPS) is 26.0. The van der Waals surface area contributed by atoms with Crippen LogP contribution in [0.5, 0.6) is 5.88 Å². The first-order valence-corrected chi connectivity index (χ1v) is 6.42. The minimum Gasteiger partial charge on any atom is -0.481 e. The second-order valence-corrected chi connectivity index (χ2v) is 5.04. The summed E-state index contributed by atoms with van der Waals surface area (Å²) >= 11 is 0. The first kappa shape index (κ1) is 12.2. The lowest BCUT2D eigenvalue weighted by Gasteiger charge is -2.24. The molecular weight excluding hydrogens is 249 g/mol. The summed E-state index contributed by atoms with van der Waals surface area (Å²) in [7, 11) is 1.51. The number of hydrogen-bond donors (Lipinski definition) is 1. The van der Waals surface area contributed by atoms with Crippen LogP contribution in [0.3, 0.4) is 0 Å². The van der Waals surface area contributed by atoms with E-state index in [9.17, 15) is 9.18 Å². The molecule has 0 aliphatic carbocycles. The lowest BCUT2D eigenvalue weighted by Crippen LogP contribution is -2.44. The number of amides is 1. The summed E-state index contributed by atoms with van der Waals surface area (Å²) in [6, 6.07) is 2.97. The Hall–Kier alpha value is -1.85. The van der Waals surface area contributed by atoms with Gasteiger partial charge >= 0.3 is 0 Å².